The highest BCUT2D eigenvalue weighted by atomic mass is 19.1. The lowest BCUT2D eigenvalue weighted by molar-refractivity contribution is 0.299. The van der Waals surface area contributed by atoms with Crippen LogP contribution in [0.25, 0.3) is 0 Å². The van der Waals surface area contributed by atoms with Gasteiger partial charge in [0.25, 0.3) is 0 Å². The van der Waals surface area contributed by atoms with Gasteiger partial charge in [-0.3, -0.25) is 0 Å². The SMILES string of the molecule is CCCNCc1cccc(OCc2ccc(F)cc2F)c1. The maximum Gasteiger partial charge on any atom is 0.132 e. The largest absolute Gasteiger partial charge is 0.489 e. The van der Waals surface area contributed by atoms with Crippen molar-refractivity contribution in [2.45, 2.75) is 26.5 Å². The Morgan fingerprint density at radius 2 is 1.95 bits per heavy atom. The molecule has 112 valence electrons. The second kappa shape index (κ2) is 7.74. The average Bonchev–Trinajstić information content (AvgIpc) is 2.47. The molecular weight excluding hydrogens is 272 g/mol. The number of hydrogen-bond donors (Lipinski definition) is 1. The van der Waals surface area contributed by atoms with Crippen molar-refractivity contribution in [3.05, 3.63) is 65.2 Å². The van der Waals surface area contributed by atoms with Gasteiger partial charge in [0.2, 0.25) is 0 Å². The zero-order valence-electron chi connectivity index (χ0n) is 12.0. The highest BCUT2D eigenvalue weighted by molar-refractivity contribution is 5.29. The summed E-state index contributed by atoms with van der Waals surface area (Å²) >= 11 is 0. The summed E-state index contributed by atoms with van der Waals surface area (Å²) in [7, 11) is 0. The summed E-state index contributed by atoms with van der Waals surface area (Å²) in [4.78, 5) is 0. The Hall–Kier alpha value is -1.94. The zero-order chi connectivity index (χ0) is 15.1. The first-order chi connectivity index (χ1) is 10.2. The summed E-state index contributed by atoms with van der Waals surface area (Å²) in [6.07, 6.45) is 1.08. The molecule has 0 saturated heterocycles. The van der Waals surface area contributed by atoms with Crippen LogP contribution in [0.4, 0.5) is 8.78 Å². The van der Waals surface area contributed by atoms with Crippen molar-refractivity contribution in [1.29, 1.82) is 0 Å². The Morgan fingerprint density at radius 3 is 2.71 bits per heavy atom. The molecule has 0 unspecified atom stereocenters. The smallest absolute Gasteiger partial charge is 0.132 e. The second-order valence-electron chi connectivity index (χ2n) is 4.85. The summed E-state index contributed by atoms with van der Waals surface area (Å²) in [5.74, 6) is -0.495. The first-order valence-electron chi connectivity index (χ1n) is 7.05. The first-order valence-corrected chi connectivity index (χ1v) is 7.05. The summed E-state index contributed by atoms with van der Waals surface area (Å²) in [6.45, 7) is 3.93. The van der Waals surface area contributed by atoms with Crippen LogP contribution in [-0.4, -0.2) is 6.54 Å². The molecule has 21 heavy (non-hydrogen) atoms. The molecule has 0 bridgehead atoms. The van der Waals surface area contributed by atoms with Gasteiger partial charge >= 0.3 is 0 Å². The summed E-state index contributed by atoms with van der Waals surface area (Å²) in [5, 5.41) is 3.31. The monoisotopic (exact) mass is 291 g/mol. The maximum absolute atomic E-state index is 13.5. The third-order valence-electron chi connectivity index (χ3n) is 3.06. The van der Waals surface area contributed by atoms with Gasteiger partial charge in [-0.25, -0.2) is 8.78 Å². The lowest BCUT2D eigenvalue weighted by Crippen LogP contribution is -2.13. The highest BCUT2D eigenvalue weighted by Crippen LogP contribution is 2.17. The molecule has 2 aromatic rings. The van der Waals surface area contributed by atoms with E-state index in [1.807, 2.05) is 24.3 Å². The van der Waals surface area contributed by atoms with Gasteiger partial charge < -0.3 is 10.1 Å². The molecular formula is C17H19F2NO. The molecule has 0 heterocycles. The topological polar surface area (TPSA) is 21.3 Å². The van der Waals surface area contributed by atoms with Gasteiger partial charge in [-0.1, -0.05) is 19.1 Å². The molecule has 0 atom stereocenters. The van der Waals surface area contributed by atoms with Gasteiger partial charge in [0, 0.05) is 18.2 Å². The molecule has 0 aliphatic heterocycles. The minimum Gasteiger partial charge on any atom is -0.489 e. The van der Waals surface area contributed by atoms with Gasteiger partial charge in [-0.15, -0.1) is 0 Å². The van der Waals surface area contributed by atoms with Crippen LogP contribution in [0.1, 0.15) is 24.5 Å². The molecule has 1 N–H and O–H groups in total. The molecule has 4 heteroatoms. The van der Waals surface area contributed by atoms with Crippen LogP contribution >= 0.6 is 0 Å². The van der Waals surface area contributed by atoms with Crippen molar-refractivity contribution in [1.82, 2.24) is 5.32 Å². The number of rotatable bonds is 7. The Morgan fingerprint density at radius 1 is 1.10 bits per heavy atom. The fourth-order valence-corrected chi connectivity index (χ4v) is 1.95. The Balaban J connectivity index is 1.95. The van der Waals surface area contributed by atoms with E-state index < -0.39 is 11.6 Å². The minimum absolute atomic E-state index is 0.0813. The second-order valence-corrected chi connectivity index (χ2v) is 4.85. The van der Waals surface area contributed by atoms with E-state index >= 15 is 0 Å². The van der Waals surface area contributed by atoms with Gasteiger partial charge in [0.1, 0.15) is 24.0 Å². The van der Waals surface area contributed by atoms with E-state index in [0.717, 1.165) is 31.1 Å². The van der Waals surface area contributed by atoms with Crippen molar-refractivity contribution in [2.24, 2.45) is 0 Å². The molecule has 0 spiro atoms. The Labute approximate surface area is 123 Å². The van der Waals surface area contributed by atoms with Crippen molar-refractivity contribution in [3.8, 4) is 5.75 Å². The third kappa shape index (κ3) is 4.83. The van der Waals surface area contributed by atoms with E-state index in [1.54, 1.807) is 0 Å². The molecule has 0 aliphatic carbocycles. The van der Waals surface area contributed by atoms with E-state index in [0.29, 0.717) is 11.3 Å². The molecule has 0 fully saturated rings. The third-order valence-corrected chi connectivity index (χ3v) is 3.06. The van der Waals surface area contributed by atoms with Gasteiger partial charge in [-0.2, -0.15) is 0 Å². The number of nitrogens with one attached hydrogen (secondary N) is 1. The van der Waals surface area contributed by atoms with E-state index in [9.17, 15) is 8.78 Å². The normalized spacial score (nSPS) is 10.6. The number of halogens is 2. The van der Waals surface area contributed by atoms with Crippen LogP contribution in [0.3, 0.4) is 0 Å². The number of ether oxygens (including phenoxy) is 1. The maximum atomic E-state index is 13.5. The van der Waals surface area contributed by atoms with Crippen LogP contribution in [0.5, 0.6) is 5.75 Å². The lowest BCUT2D eigenvalue weighted by atomic mass is 10.2. The predicted molar refractivity (Wildman–Crippen MR) is 79.1 cm³/mol. The van der Waals surface area contributed by atoms with Crippen LogP contribution in [-0.2, 0) is 13.2 Å². The fourth-order valence-electron chi connectivity index (χ4n) is 1.95. The van der Waals surface area contributed by atoms with Crippen molar-refractivity contribution < 1.29 is 13.5 Å². The minimum atomic E-state index is -0.587. The van der Waals surface area contributed by atoms with Crippen LogP contribution < -0.4 is 10.1 Å². The standard InChI is InChI=1S/C17H19F2NO/c1-2-8-20-11-13-4-3-5-16(9-13)21-12-14-6-7-15(18)10-17(14)19/h3-7,9-10,20H,2,8,11-12H2,1H3. The molecule has 0 aliphatic rings. The van der Waals surface area contributed by atoms with Crippen LogP contribution in [0, 0.1) is 11.6 Å². The molecule has 2 aromatic carbocycles. The number of hydrogen-bond acceptors (Lipinski definition) is 2. The fraction of sp³-hybridized carbons (Fsp3) is 0.294. The van der Waals surface area contributed by atoms with E-state index in [4.69, 9.17) is 4.74 Å². The molecule has 0 aromatic heterocycles. The first kappa shape index (κ1) is 15.4. The highest BCUT2D eigenvalue weighted by Gasteiger charge is 2.05. The van der Waals surface area contributed by atoms with Gasteiger partial charge in [0.15, 0.2) is 0 Å². The quantitative estimate of drug-likeness (QED) is 0.777. The summed E-state index contributed by atoms with van der Waals surface area (Å²) in [6, 6.07) is 11.1. The van der Waals surface area contributed by atoms with Crippen molar-refractivity contribution in [3.63, 3.8) is 0 Å². The van der Waals surface area contributed by atoms with E-state index in [1.165, 1.54) is 12.1 Å². The lowest BCUT2D eigenvalue weighted by Gasteiger charge is -2.09. The molecule has 2 rings (SSSR count). The van der Waals surface area contributed by atoms with Gasteiger partial charge in [-0.05, 0) is 42.8 Å². The van der Waals surface area contributed by atoms with Crippen molar-refractivity contribution in [2.75, 3.05) is 6.54 Å². The number of benzene rings is 2. The van der Waals surface area contributed by atoms with Crippen molar-refractivity contribution >= 4 is 0 Å². The average molecular weight is 291 g/mol. The molecule has 0 radical (unpaired) electrons. The Bertz CT molecular complexity index is 587. The Kier molecular flexibility index (Phi) is 5.69. The molecule has 2 nitrogen and oxygen atoms in total. The van der Waals surface area contributed by atoms with E-state index in [-0.39, 0.29) is 6.61 Å². The summed E-state index contributed by atoms with van der Waals surface area (Å²) < 4.78 is 31.9. The van der Waals surface area contributed by atoms with Crippen LogP contribution in [0.15, 0.2) is 42.5 Å². The zero-order valence-corrected chi connectivity index (χ0v) is 12.0. The predicted octanol–water partition coefficient (Wildman–Crippen LogP) is 4.04. The van der Waals surface area contributed by atoms with E-state index in [2.05, 4.69) is 12.2 Å². The summed E-state index contributed by atoms with van der Waals surface area (Å²) in [5.41, 5.74) is 1.45. The van der Waals surface area contributed by atoms with Gasteiger partial charge in [0.05, 0.1) is 0 Å². The molecule has 0 amide bonds. The van der Waals surface area contributed by atoms with Crippen LogP contribution in [0.2, 0.25) is 0 Å². The molecule has 0 saturated carbocycles.